The average Bonchev–Trinajstić information content (AvgIpc) is 2.54. The van der Waals surface area contributed by atoms with Crippen LogP contribution in [0.1, 0.15) is 5.56 Å². The lowest BCUT2D eigenvalue weighted by molar-refractivity contribution is -0.384. The van der Waals surface area contributed by atoms with Crippen LogP contribution >= 0.6 is 0 Å². The molecule has 0 unspecified atom stereocenters. The third kappa shape index (κ3) is 4.75. The Labute approximate surface area is 128 Å². The molecule has 0 fully saturated rings. The second-order valence-electron chi connectivity index (χ2n) is 4.63. The number of nitro benzene ring substituents is 1. The Bertz CT molecular complexity index is 597. The number of benzene rings is 2. The smallest absolute Gasteiger partial charge is 0.269 e. The van der Waals surface area contributed by atoms with E-state index >= 15 is 0 Å². The van der Waals surface area contributed by atoms with Gasteiger partial charge in [0, 0.05) is 12.1 Å². The highest BCUT2D eigenvalue weighted by Gasteiger charge is 2.04. The summed E-state index contributed by atoms with van der Waals surface area (Å²) < 4.78 is 11.0. The molecule has 0 spiro atoms. The molecule has 2 aromatic carbocycles. The summed E-state index contributed by atoms with van der Waals surface area (Å²) >= 11 is 0. The van der Waals surface area contributed by atoms with Crippen molar-refractivity contribution in [1.82, 2.24) is 0 Å². The number of hydrogen-bond acceptors (Lipinski definition) is 5. The molecule has 0 radical (unpaired) electrons. The molecule has 0 saturated carbocycles. The highest BCUT2D eigenvalue weighted by Crippen LogP contribution is 2.17. The zero-order valence-electron chi connectivity index (χ0n) is 12.1. The lowest BCUT2D eigenvalue weighted by Gasteiger charge is -2.08. The van der Waals surface area contributed by atoms with Gasteiger partial charge in [-0.05, 0) is 42.8 Å². The van der Waals surface area contributed by atoms with Crippen LogP contribution in [0.4, 0.5) is 5.69 Å². The van der Waals surface area contributed by atoms with E-state index in [-0.39, 0.29) is 5.69 Å². The summed E-state index contributed by atoms with van der Waals surface area (Å²) in [6, 6.07) is 13.7. The minimum Gasteiger partial charge on any atom is -0.490 e. The van der Waals surface area contributed by atoms with Crippen molar-refractivity contribution in [3.8, 4) is 11.5 Å². The summed E-state index contributed by atoms with van der Waals surface area (Å²) in [5, 5.41) is 10.5. The standard InChI is InChI=1S/C16H18N2O4/c17-10-9-13-1-5-15(6-2-13)21-11-12-22-16-7-3-14(4-8-16)18(19)20/h1-8H,9-12,17H2. The molecule has 0 aliphatic carbocycles. The Morgan fingerprint density at radius 3 is 1.86 bits per heavy atom. The van der Waals surface area contributed by atoms with Crippen LogP contribution in [0.5, 0.6) is 11.5 Å². The fraction of sp³-hybridized carbons (Fsp3) is 0.250. The van der Waals surface area contributed by atoms with Crippen molar-refractivity contribution in [1.29, 1.82) is 0 Å². The molecule has 6 nitrogen and oxygen atoms in total. The topological polar surface area (TPSA) is 87.6 Å². The van der Waals surface area contributed by atoms with Gasteiger partial charge in [-0.25, -0.2) is 0 Å². The number of nitro groups is 1. The Hall–Kier alpha value is -2.60. The monoisotopic (exact) mass is 302 g/mol. The highest BCUT2D eigenvalue weighted by molar-refractivity contribution is 5.36. The van der Waals surface area contributed by atoms with Crippen molar-refractivity contribution in [3.63, 3.8) is 0 Å². The average molecular weight is 302 g/mol. The highest BCUT2D eigenvalue weighted by atomic mass is 16.6. The van der Waals surface area contributed by atoms with Crippen LogP contribution in [0.25, 0.3) is 0 Å². The number of ether oxygens (including phenoxy) is 2. The van der Waals surface area contributed by atoms with Crippen molar-refractivity contribution in [2.24, 2.45) is 5.73 Å². The minimum absolute atomic E-state index is 0.0427. The molecule has 22 heavy (non-hydrogen) atoms. The first-order chi connectivity index (χ1) is 10.7. The van der Waals surface area contributed by atoms with E-state index in [0.29, 0.717) is 25.5 Å². The third-order valence-electron chi connectivity index (χ3n) is 3.02. The molecule has 2 rings (SSSR count). The van der Waals surface area contributed by atoms with Gasteiger partial charge in [-0.1, -0.05) is 12.1 Å². The Morgan fingerprint density at radius 1 is 0.909 bits per heavy atom. The zero-order valence-corrected chi connectivity index (χ0v) is 12.1. The Balaban J connectivity index is 1.73. The molecule has 0 aromatic heterocycles. The summed E-state index contributed by atoms with van der Waals surface area (Å²) in [7, 11) is 0. The number of non-ortho nitro benzene ring substituents is 1. The molecule has 2 aromatic rings. The first-order valence-corrected chi connectivity index (χ1v) is 6.98. The predicted molar refractivity (Wildman–Crippen MR) is 83.3 cm³/mol. The van der Waals surface area contributed by atoms with E-state index in [4.69, 9.17) is 15.2 Å². The lowest BCUT2D eigenvalue weighted by atomic mass is 10.1. The molecule has 0 heterocycles. The molecule has 6 heteroatoms. The predicted octanol–water partition coefficient (Wildman–Crippen LogP) is 2.55. The Morgan fingerprint density at radius 2 is 1.41 bits per heavy atom. The number of hydrogen-bond donors (Lipinski definition) is 1. The van der Waals surface area contributed by atoms with Gasteiger partial charge in [-0.3, -0.25) is 10.1 Å². The second-order valence-corrected chi connectivity index (χ2v) is 4.63. The van der Waals surface area contributed by atoms with Crippen LogP contribution in [-0.4, -0.2) is 24.7 Å². The largest absolute Gasteiger partial charge is 0.490 e. The Kier molecular flexibility index (Phi) is 5.73. The molecule has 0 saturated heterocycles. The van der Waals surface area contributed by atoms with Gasteiger partial charge in [0.1, 0.15) is 24.7 Å². The molecule has 0 bridgehead atoms. The summed E-state index contributed by atoms with van der Waals surface area (Å²) in [6.07, 6.45) is 0.851. The first-order valence-electron chi connectivity index (χ1n) is 6.98. The summed E-state index contributed by atoms with van der Waals surface area (Å²) in [4.78, 5) is 10.1. The SMILES string of the molecule is NCCc1ccc(OCCOc2ccc([N+](=O)[O-])cc2)cc1. The summed E-state index contributed by atoms with van der Waals surface area (Å²) in [6.45, 7) is 1.39. The van der Waals surface area contributed by atoms with Crippen molar-refractivity contribution < 1.29 is 14.4 Å². The maximum absolute atomic E-state index is 10.5. The maximum Gasteiger partial charge on any atom is 0.269 e. The van der Waals surface area contributed by atoms with E-state index in [2.05, 4.69) is 0 Å². The van der Waals surface area contributed by atoms with E-state index in [1.54, 1.807) is 12.1 Å². The zero-order chi connectivity index (χ0) is 15.8. The molecule has 116 valence electrons. The van der Waals surface area contributed by atoms with Crippen molar-refractivity contribution >= 4 is 5.69 Å². The van der Waals surface area contributed by atoms with Gasteiger partial charge in [0.2, 0.25) is 0 Å². The van der Waals surface area contributed by atoms with Gasteiger partial charge in [0.15, 0.2) is 0 Å². The van der Waals surface area contributed by atoms with Crippen LogP contribution in [-0.2, 0) is 6.42 Å². The molecule has 0 amide bonds. The van der Waals surface area contributed by atoms with Gasteiger partial charge in [-0.15, -0.1) is 0 Å². The minimum atomic E-state index is -0.443. The normalized spacial score (nSPS) is 10.2. The van der Waals surface area contributed by atoms with Crippen LogP contribution in [0.2, 0.25) is 0 Å². The van der Waals surface area contributed by atoms with E-state index in [1.165, 1.54) is 17.7 Å². The lowest BCUT2D eigenvalue weighted by Crippen LogP contribution is -2.09. The molecule has 0 aliphatic heterocycles. The fourth-order valence-corrected chi connectivity index (χ4v) is 1.90. The van der Waals surface area contributed by atoms with Crippen LogP contribution in [0, 0.1) is 10.1 Å². The van der Waals surface area contributed by atoms with Crippen molar-refractivity contribution in [2.45, 2.75) is 6.42 Å². The molecular weight excluding hydrogens is 284 g/mol. The number of rotatable bonds is 8. The number of nitrogens with two attached hydrogens (primary N) is 1. The second kappa shape index (κ2) is 7.99. The maximum atomic E-state index is 10.5. The van der Waals surface area contributed by atoms with Crippen molar-refractivity contribution in [2.75, 3.05) is 19.8 Å². The van der Waals surface area contributed by atoms with Crippen LogP contribution in [0.15, 0.2) is 48.5 Å². The van der Waals surface area contributed by atoms with E-state index in [9.17, 15) is 10.1 Å². The van der Waals surface area contributed by atoms with Crippen molar-refractivity contribution in [3.05, 3.63) is 64.2 Å². The molecule has 0 atom stereocenters. The van der Waals surface area contributed by atoms with Gasteiger partial charge >= 0.3 is 0 Å². The first kappa shape index (κ1) is 15.8. The van der Waals surface area contributed by atoms with Gasteiger partial charge in [-0.2, -0.15) is 0 Å². The van der Waals surface area contributed by atoms with E-state index in [0.717, 1.165) is 12.2 Å². The summed E-state index contributed by atoms with van der Waals surface area (Å²) in [5.74, 6) is 1.35. The van der Waals surface area contributed by atoms with Crippen LogP contribution < -0.4 is 15.2 Å². The van der Waals surface area contributed by atoms with E-state index < -0.39 is 4.92 Å². The van der Waals surface area contributed by atoms with Gasteiger partial charge in [0.25, 0.3) is 5.69 Å². The van der Waals surface area contributed by atoms with Crippen LogP contribution in [0.3, 0.4) is 0 Å². The third-order valence-corrected chi connectivity index (χ3v) is 3.02. The van der Waals surface area contributed by atoms with Gasteiger partial charge in [0.05, 0.1) is 4.92 Å². The van der Waals surface area contributed by atoms with Gasteiger partial charge < -0.3 is 15.2 Å². The molecule has 2 N–H and O–H groups in total. The number of nitrogens with zero attached hydrogens (tertiary/aromatic N) is 1. The molecule has 0 aliphatic rings. The fourth-order valence-electron chi connectivity index (χ4n) is 1.90. The van der Waals surface area contributed by atoms with E-state index in [1.807, 2.05) is 24.3 Å². The summed E-state index contributed by atoms with van der Waals surface area (Å²) in [5.41, 5.74) is 6.71. The quantitative estimate of drug-likeness (QED) is 0.460. The molecular formula is C16H18N2O4.